The molecule has 2 amide bonds. The van der Waals surface area contributed by atoms with Crippen molar-refractivity contribution in [3.05, 3.63) is 54.1 Å². The van der Waals surface area contributed by atoms with Crippen LogP contribution in [-0.2, 0) is 19.1 Å². The van der Waals surface area contributed by atoms with Crippen molar-refractivity contribution in [3.63, 3.8) is 0 Å². The summed E-state index contributed by atoms with van der Waals surface area (Å²) in [6.07, 6.45) is 0. The topological polar surface area (TPSA) is 103 Å². The SMILES string of the molecule is CCOc1ccccc1OCC(=O)OCC(=O)NCC(=O)Nc1ccc(F)c(F)c1. The number of carbonyl (C=O) groups is 3. The minimum absolute atomic E-state index is 0.0315. The molecule has 0 heterocycles. The average molecular weight is 422 g/mol. The first-order valence-electron chi connectivity index (χ1n) is 8.91. The van der Waals surface area contributed by atoms with Crippen LogP contribution in [0.1, 0.15) is 6.92 Å². The van der Waals surface area contributed by atoms with E-state index >= 15 is 0 Å². The Morgan fingerprint density at radius 3 is 2.27 bits per heavy atom. The fourth-order valence-electron chi connectivity index (χ4n) is 2.18. The lowest BCUT2D eigenvalue weighted by Gasteiger charge is -2.11. The highest BCUT2D eigenvalue weighted by Crippen LogP contribution is 2.26. The van der Waals surface area contributed by atoms with Gasteiger partial charge in [-0.3, -0.25) is 9.59 Å². The Balaban J connectivity index is 1.68. The second-order valence-corrected chi connectivity index (χ2v) is 5.78. The van der Waals surface area contributed by atoms with Crippen molar-refractivity contribution >= 4 is 23.5 Å². The Kier molecular flexibility index (Phi) is 8.55. The zero-order valence-electron chi connectivity index (χ0n) is 16.1. The number of hydrogen-bond acceptors (Lipinski definition) is 6. The van der Waals surface area contributed by atoms with Crippen molar-refractivity contribution < 1.29 is 37.4 Å². The number of rotatable bonds is 10. The summed E-state index contributed by atoms with van der Waals surface area (Å²) in [4.78, 5) is 35.1. The van der Waals surface area contributed by atoms with E-state index in [0.717, 1.165) is 12.1 Å². The molecule has 2 N–H and O–H groups in total. The fourth-order valence-corrected chi connectivity index (χ4v) is 2.18. The van der Waals surface area contributed by atoms with E-state index in [2.05, 4.69) is 10.6 Å². The molecule has 30 heavy (non-hydrogen) atoms. The molecule has 0 aliphatic heterocycles. The Labute approximate surface area is 171 Å². The summed E-state index contributed by atoms with van der Waals surface area (Å²) in [5.74, 6) is -3.52. The summed E-state index contributed by atoms with van der Waals surface area (Å²) in [5, 5.41) is 4.51. The van der Waals surface area contributed by atoms with Crippen molar-refractivity contribution in [2.45, 2.75) is 6.92 Å². The largest absolute Gasteiger partial charge is 0.490 e. The van der Waals surface area contributed by atoms with Crippen LogP contribution in [0.2, 0.25) is 0 Å². The molecule has 0 radical (unpaired) electrons. The summed E-state index contributed by atoms with van der Waals surface area (Å²) in [6, 6.07) is 9.60. The van der Waals surface area contributed by atoms with Crippen LogP contribution in [0.3, 0.4) is 0 Å². The van der Waals surface area contributed by atoms with E-state index in [-0.39, 0.29) is 5.69 Å². The number of amides is 2. The van der Waals surface area contributed by atoms with Gasteiger partial charge in [0.05, 0.1) is 13.2 Å². The summed E-state index contributed by atoms with van der Waals surface area (Å²) in [5.41, 5.74) is 0.0315. The second kappa shape index (κ2) is 11.3. The minimum atomic E-state index is -1.12. The quantitative estimate of drug-likeness (QED) is 0.568. The number of hydrogen-bond donors (Lipinski definition) is 2. The molecular formula is C20H20F2N2O6. The van der Waals surface area contributed by atoms with E-state index in [1.807, 2.05) is 6.92 Å². The van der Waals surface area contributed by atoms with Gasteiger partial charge in [0, 0.05) is 11.8 Å². The number of carbonyl (C=O) groups excluding carboxylic acids is 3. The normalized spacial score (nSPS) is 10.1. The molecule has 2 aromatic rings. The Morgan fingerprint density at radius 1 is 0.900 bits per heavy atom. The number of nitrogens with one attached hydrogen (secondary N) is 2. The van der Waals surface area contributed by atoms with Crippen LogP contribution in [0.25, 0.3) is 0 Å². The van der Waals surface area contributed by atoms with Crippen LogP contribution < -0.4 is 20.1 Å². The predicted molar refractivity (Wildman–Crippen MR) is 102 cm³/mol. The monoisotopic (exact) mass is 422 g/mol. The molecule has 2 rings (SSSR count). The van der Waals surface area contributed by atoms with Crippen LogP contribution in [0.5, 0.6) is 11.5 Å². The van der Waals surface area contributed by atoms with Crippen molar-refractivity contribution in [2.24, 2.45) is 0 Å². The Bertz CT molecular complexity index is 907. The van der Waals surface area contributed by atoms with Crippen LogP contribution >= 0.6 is 0 Å². The maximum atomic E-state index is 13.1. The molecule has 10 heteroatoms. The number of benzene rings is 2. The van der Waals surface area contributed by atoms with Gasteiger partial charge < -0.3 is 24.8 Å². The molecule has 0 spiro atoms. The van der Waals surface area contributed by atoms with Crippen molar-refractivity contribution in [2.75, 3.05) is 31.7 Å². The molecule has 0 saturated carbocycles. The van der Waals surface area contributed by atoms with Gasteiger partial charge in [-0.2, -0.15) is 0 Å². The van der Waals surface area contributed by atoms with Gasteiger partial charge in [-0.05, 0) is 31.2 Å². The first kappa shape index (κ1) is 22.6. The molecule has 0 aliphatic carbocycles. The minimum Gasteiger partial charge on any atom is -0.490 e. The molecule has 0 saturated heterocycles. The molecule has 8 nitrogen and oxygen atoms in total. The summed E-state index contributed by atoms with van der Waals surface area (Å²) >= 11 is 0. The predicted octanol–water partition coefficient (Wildman–Crippen LogP) is 2.04. The Morgan fingerprint density at radius 2 is 1.60 bits per heavy atom. The van der Waals surface area contributed by atoms with Gasteiger partial charge >= 0.3 is 5.97 Å². The zero-order valence-corrected chi connectivity index (χ0v) is 16.1. The van der Waals surface area contributed by atoms with Gasteiger partial charge in [-0.1, -0.05) is 12.1 Å². The van der Waals surface area contributed by atoms with E-state index in [0.29, 0.717) is 18.1 Å². The zero-order chi connectivity index (χ0) is 21.9. The van der Waals surface area contributed by atoms with Crippen LogP contribution in [0.15, 0.2) is 42.5 Å². The maximum Gasteiger partial charge on any atom is 0.344 e. The van der Waals surface area contributed by atoms with Crippen molar-refractivity contribution in [1.29, 1.82) is 0 Å². The summed E-state index contributed by atoms with van der Waals surface area (Å²) in [7, 11) is 0. The highest BCUT2D eigenvalue weighted by molar-refractivity contribution is 5.94. The number of halogens is 2. The summed E-state index contributed by atoms with van der Waals surface area (Å²) < 4.78 is 41.4. The molecule has 160 valence electrons. The van der Waals surface area contributed by atoms with E-state index in [4.69, 9.17) is 14.2 Å². The van der Waals surface area contributed by atoms with Gasteiger partial charge in [-0.25, -0.2) is 13.6 Å². The molecule has 0 bridgehead atoms. The van der Waals surface area contributed by atoms with E-state index in [9.17, 15) is 23.2 Å². The molecule has 0 fully saturated rings. The van der Waals surface area contributed by atoms with Gasteiger partial charge in [0.25, 0.3) is 5.91 Å². The standard InChI is InChI=1S/C20H20F2N2O6/c1-2-28-16-5-3-4-6-17(16)29-12-20(27)30-11-19(26)23-10-18(25)24-13-7-8-14(21)15(22)9-13/h3-9H,2,10-12H2,1H3,(H,23,26)(H,24,25). The lowest BCUT2D eigenvalue weighted by atomic mass is 10.3. The second-order valence-electron chi connectivity index (χ2n) is 5.78. The first-order valence-corrected chi connectivity index (χ1v) is 8.91. The fraction of sp³-hybridized carbons (Fsp3) is 0.250. The van der Waals surface area contributed by atoms with E-state index < -0.39 is 49.2 Å². The third kappa shape index (κ3) is 7.38. The lowest BCUT2D eigenvalue weighted by molar-refractivity contribution is -0.150. The maximum absolute atomic E-state index is 13.1. The van der Waals surface area contributed by atoms with Gasteiger partial charge in [0.15, 0.2) is 36.3 Å². The summed E-state index contributed by atoms with van der Waals surface area (Å²) in [6.45, 7) is 0.728. The average Bonchev–Trinajstić information content (AvgIpc) is 2.73. The molecule has 0 unspecified atom stereocenters. The molecular weight excluding hydrogens is 402 g/mol. The molecule has 0 atom stereocenters. The number of esters is 1. The number of anilines is 1. The third-order valence-corrected chi connectivity index (χ3v) is 3.51. The molecule has 0 aliphatic rings. The van der Waals surface area contributed by atoms with Gasteiger partial charge in [-0.15, -0.1) is 0 Å². The van der Waals surface area contributed by atoms with Crippen LogP contribution in [0.4, 0.5) is 14.5 Å². The number of para-hydroxylation sites is 2. The number of ether oxygens (including phenoxy) is 3. The van der Waals surface area contributed by atoms with Crippen LogP contribution in [-0.4, -0.2) is 44.1 Å². The molecule has 2 aromatic carbocycles. The van der Waals surface area contributed by atoms with Gasteiger partial charge in [0.1, 0.15) is 0 Å². The van der Waals surface area contributed by atoms with E-state index in [1.165, 1.54) is 6.07 Å². The highest BCUT2D eigenvalue weighted by atomic mass is 19.2. The van der Waals surface area contributed by atoms with Gasteiger partial charge in [0.2, 0.25) is 5.91 Å². The third-order valence-electron chi connectivity index (χ3n) is 3.51. The van der Waals surface area contributed by atoms with E-state index in [1.54, 1.807) is 24.3 Å². The Hall–Kier alpha value is -3.69. The van der Waals surface area contributed by atoms with Crippen molar-refractivity contribution in [1.82, 2.24) is 5.32 Å². The molecule has 0 aromatic heterocycles. The highest BCUT2D eigenvalue weighted by Gasteiger charge is 2.12. The van der Waals surface area contributed by atoms with Crippen molar-refractivity contribution in [3.8, 4) is 11.5 Å². The smallest absolute Gasteiger partial charge is 0.344 e. The van der Waals surface area contributed by atoms with Crippen LogP contribution in [0, 0.1) is 11.6 Å². The first-order chi connectivity index (χ1) is 14.4. The lowest BCUT2D eigenvalue weighted by Crippen LogP contribution is -2.36.